The van der Waals surface area contributed by atoms with Crippen LogP contribution in [0.4, 0.5) is 0 Å². The molecule has 0 aromatic heterocycles. The minimum absolute atomic E-state index is 0.0495. The topological polar surface area (TPSA) is 50.8 Å². The van der Waals surface area contributed by atoms with E-state index >= 15 is 0 Å². The van der Waals surface area contributed by atoms with Gasteiger partial charge in [-0.05, 0) is 53.7 Å². The number of hydrogen-bond acceptors (Lipinski definition) is 4. The van der Waals surface area contributed by atoms with Gasteiger partial charge in [0.25, 0.3) is 5.91 Å². The third-order valence-corrected chi connectivity index (χ3v) is 4.81. The number of nitrogens with zero attached hydrogens (tertiary/aromatic N) is 1. The van der Waals surface area contributed by atoms with Gasteiger partial charge in [-0.2, -0.15) is 0 Å². The summed E-state index contributed by atoms with van der Waals surface area (Å²) in [5.74, 6) is 0.762. The Labute approximate surface area is 144 Å². The second-order valence-corrected chi connectivity index (χ2v) is 8.74. The van der Waals surface area contributed by atoms with Gasteiger partial charge in [0, 0.05) is 12.8 Å². The van der Waals surface area contributed by atoms with E-state index in [1.165, 1.54) is 0 Å². The summed E-state index contributed by atoms with van der Waals surface area (Å²) in [6.45, 7) is 12.1. The van der Waals surface area contributed by atoms with Crippen LogP contribution in [-0.2, 0) is 9.53 Å². The van der Waals surface area contributed by atoms with Gasteiger partial charge in [-0.25, -0.2) is 0 Å². The zero-order valence-corrected chi connectivity index (χ0v) is 15.5. The van der Waals surface area contributed by atoms with Crippen molar-refractivity contribution < 1.29 is 14.4 Å². The minimum atomic E-state index is -0.797. The summed E-state index contributed by atoms with van der Waals surface area (Å²) in [7, 11) is 0. The number of hydroxylamine groups is 2. The second kappa shape index (κ2) is 5.20. The molecule has 1 spiro atoms. The molecule has 1 aromatic carbocycles. The first-order valence-corrected chi connectivity index (χ1v) is 8.52. The third-order valence-electron chi connectivity index (χ3n) is 4.81. The number of rotatable bonds is 2. The Morgan fingerprint density at radius 2 is 1.54 bits per heavy atom. The summed E-state index contributed by atoms with van der Waals surface area (Å²) in [6, 6.07) is 9.80. The fourth-order valence-electron chi connectivity index (χ4n) is 4.34. The Balaban J connectivity index is 1.89. The maximum absolute atomic E-state index is 12.3. The highest BCUT2D eigenvalue weighted by atomic mass is 16.7. The van der Waals surface area contributed by atoms with Gasteiger partial charge in [0.15, 0.2) is 0 Å². The molecule has 2 heterocycles. The molecule has 0 bridgehead atoms. The summed E-state index contributed by atoms with van der Waals surface area (Å²) >= 11 is 0. The van der Waals surface area contributed by atoms with Gasteiger partial charge in [-0.15, -0.1) is 5.06 Å². The smallest absolute Gasteiger partial charge is 0.253 e. The molecule has 2 fully saturated rings. The number of amides is 1. The van der Waals surface area contributed by atoms with Crippen molar-refractivity contribution in [2.45, 2.75) is 76.8 Å². The average Bonchev–Trinajstić information content (AvgIpc) is 2.63. The van der Waals surface area contributed by atoms with Crippen LogP contribution in [0.15, 0.2) is 30.3 Å². The standard InChI is InChI=1S/C19H28N2O3/c1-16(2)12-19(20-15(22)18(5,6)24-19)13-17(3,4)21(16)23-14-10-8-7-9-11-14/h7-11H,12-13H2,1-6H3,(H,20,22). The van der Waals surface area contributed by atoms with Gasteiger partial charge in [0.2, 0.25) is 0 Å². The molecule has 0 saturated carbocycles. The van der Waals surface area contributed by atoms with Crippen LogP contribution in [-0.4, -0.2) is 33.4 Å². The lowest BCUT2D eigenvalue weighted by Gasteiger charge is -2.56. The molecule has 2 saturated heterocycles. The summed E-state index contributed by atoms with van der Waals surface area (Å²) < 4.78 is 6.22. The molecule has 132 valence electrons. The van der Waals surface area contributed by atoms with E-state index in [9.17, 15) is 4.79 Å². The van der Waals surface area contributed by atoms with Crippen molar-refractivity contribution in [2.75, 3.05) is 0 Å². The molecule has 2 aliphatic heterocycles. The summed E-state index contributed by atoms with van der Waals surface area (Å²) in [5.41, 5.74) is -2.07. The molecule has 0 atom stereocenters. The van der Waals surface area contributed by atoms with Crippen LogP contribution in [0.1, 0.15) is 54.4 Å². The van der Waals surface area contributed by atoms with E-state index in [0.717, 1.165) is 5.75 Å². The monoisotopic (exact) mass is 332 g/mol. The van der Waals surface area contributed by atoms with Crippen LogP contribution in [0.25, 0.3) is 0 Å². The van der Waals surface area contributed by atoms with E-state index in [1.54, 1.807) is 0 Å². The van der Waals surface area contributed by atoms with Crippen molar-refractivity contribution in [1.29, 1.82) is 0 Å². The molecule has 24 heavy (non-hydrogen) atoms. The number of carbonyl (C=O) groups is 1. The van der Waals surface area contributed by atoms with Crippen molar-refractivity contribution in [3.63, 3.8) is 0 Å². The van der Waals surface area contributed by atoms with E-state index in [1.807, 2.05) is 49.2 Å². The molecule has 0 aliphatic carbocycles. The molecule has 0 radical (unpaired) electrons. The Morgan fingerprint density at radius 3 is 2.00 bits per heavy atom. The highest BCUT2D eigenvalue weighted by molar-refractivity contribution is 5.86. The number of nitrogens with one attached hydrogen (secondary N) is 1. The summed E-state index contributed by atoms with van der Waals surface area (Å²) in [4.78, 5) is 18.5. The number of benzene rings is 1. The van der Waals surface area contributed by atoms with Crippen LogP contribution in [0, 0.1) is 0 Å². The third kappa shape index (κ3) is 2.91. The molecule has 5 nitrogen and oxygen atoms in total. The van der Waals surface area contributed by atoms with Crippen molar-refractivity contribution in [3.05, 3.63) is 30.3 Å². The van der Waals surface area contributed by atoms with E-state index < -0.39 is 11.3 Å². The largest absolute Gasteiger partial charge is 0.405 e. The van der Waals surface area contributed by atoms with E-state index in [-0.39, 0.29) is 17.0 Å². The first-order chi connectivity index (χ1) is 11.0. The zero-order valence-electron chi connectivity index (χ0n) is 15.5. The van der Waals surface area contributed by atoms with Gasteiger partial charge < -0.3 is 14.9 Å². The first-order valence-electron chi connectivity index (χ1n) is 8.52. The Hall–Kier alpha value is -1.59. The Kier molecular flexibility index (Phi) is 3.74. The van der Waals surface area contributed by atoms with Crippen molar-refractivity contribution in [2.24, 2.45) is 0 Å². The maximum Gasteiger partial charge on any atom is 0.253 e. The Bertz CT molecular complexity index is 619. The van der Waals surface area contributed by atoms with E-state index in [4.69, 9.17) is 9.57 Å². The fraction of sp³-hybridized carbons (Fsp3) is 0.632. The molecular weight excluding hydrogens is 304 g/mol. The lowest BCUT2D eigenvalue weighted by atomic mass is 9.76. The minimum Gasteiger partial charge on any atom is -0.405 e. The van der Waals surface area contributed by atoms with Crippen molar-refractivity contribution in [1.82, 2.24) is 10.4 Å². The van der Waals surface area contributed by atoms with E-state index in [0.29, 0.717) is 12.8 Å². The average molecular weight is 332 g/mol. The highest BCUT2D eigenvalue weighted by Gasteiger charge is 2.60. The normalized spacial score (nSPS) is 27.0. The van der Waals surface area contributed by atoms with Crippen molar-refractivity contribution >= 4 is 5.91 Å². The number of para-hydroxylation sites is 1. The lowest BCUT2D eigenvalue weighted by molar-refractivity contribution is -0.268. The molecule has 1 aromatic rings. The summed E-state index contributed by atoms with van der Waals surface area (Å²) in [5, 5.41) is 5.15. The fourth-order valence-corrected chi connectivity index (χ4v) is 4.34. The predicted molar refractivity (Wildman–Crippen MR) is 92.3 cm³/mol. The van der Waals surface area contributed by atoms with Crippen LogP contribution in [0.2, 0.25) is 0 Å². The van der Waals surface area contributed by atoms with Gasteiger partial charge in [-0.1, -0.05) is 18.2 Å². The highest BCUT2D eigenvalue weighted by Crippen LogP contribution is 2.47. The number of ether oxygens (including phenoxy) is 1. The SMILES string of the molecule is CC1(C)OC2(CC(C)(C)N(Oc3ccccc3)C(C)(C)C2)NC1=O. The first kappa shape index (κ1) is 17.2. The van der Waals surface area contributed by atoms with Gasteiger partial charge in [0.1, 0.15) is 17.1 Å². The quantitative estimate of drug-likeness (QED) is 0.903. The van der Waals surface area contributed by atoms with Crippen LogP contribution in [0.5, 0.6) is 5.75 Å². The van der Waals surface area contributed by atoms with Gasteiger partial charge in [-0.3, -0.25) is 4.79 Å². The number of carbonyl (C=O) groups excluding carboxylic acids is 1. The molecular formula is C19H28N2O3. The number of piperidine rings is 1. The maximum atomic E-state index is 12.3. The van der Waals surface area contributed by atoms with Crippen molar-refractivity contribution in [3.8, 4) is 5.75 Å². The molecule has 3 rings (SSSR count). The van der Waals surface area contributed by atoms with Crippen LogP contribution in [0.3, 0.4) is 0 Å². The zero-order chi connectivity index (χ0) is 17.8. The molecule has 1 amide bonds. The predicted octanol–water partition coefficient (Wildman–Crippen LogP) is 3.25. The lowest BCUT2D eigenvalue weighted by Crippen LogP contribution is -2.69. The molecule has 0 unspecified atom stereocenters. The van der Waals surface area contributed by atoms with Crippen LogP contribution < -0.4 is 10.2 Å². The molecule has 2 aliphatic rings. The molecule has 1 N–H and O–H groups in total. The second-order valence-electron chi connectivity index (χ2n) is 8.74. The summed E-state index contributed by atoms with van der Waals surface area (Å²) in [6.07, 6.45) is 1.32. The number of hydrogen-bond donors (Lipinski definition) is 1. The van der Waals surface area contributed by atoms with Gasteiger partial charge in [0.05, 0.1) is 11.1 Å². The Morgan fingerprint density at radius 1 is 1.00 bits per heavy atom. The van der Waals surface area contributed by atoms with Gasteiger partial charge >= 0.3 is 0 Å². The van der Waals surface area contributed by atoms with Crippen LogP contribution >= 0.6 is 0 Å². The molecule has 5 heteroatoms. The van der Waals surface area contributed by atoms with E-state index in [2.05, 4.69) is 33.0 Å².